The third-order valence-corrected chi connectivity index (χ3v) is 10.1. The molecular formula is C22H31N5O9S3. The van der Waals surface area contributed by atoms with Crippen LogP contribution in [0.4, 0.5) is 0 Å². The molecule has 216 valence electrons. The van der Waals surface area contributed by atoms with E-state index in [-0.39, 0.29) is 43.6 Å². The molecule has 14 nitrogen and oxygen atoms in total. The van der Waals surface area contributed by atoms with E-state index in [2.05, 4.69) is 10.6 Å². The van der Waals surface area contributed by atoms with Gasteiger partial charge in [-0.05, 0) is 48.3 Å². The van der Waals surface area contributed by atoms with Crippen LogP contribution in [0, 0.1) is 6.92 Å². The average molecular weight is 606 g/mol. The van der Waals surface area contributed by atoms with Gasteiger partial charge in [0.05, 0.1) is 12.9 Å². The molecule has 1 fully saturated rings. The van der Waals surface area contributed by atoms with Crippen molar-refractivity contribution in [3.8, 4) is 11.5 Å². The average Bonchev–Trinajstić information content (AvgIpc) is 2.86. The van der Waals surface area contributed by atoms with Crippen LogP contribution in [0.2, 0.25) is 0 Å². The fourth-order valence-electron chi connectivity index (χ4n) is 3.58. The van der Waals surface area contributed by atoms with E-state index in [1.165, 1.54) is 24.3 Å². The van der Waals surface area contributed by atoms with E-state index in [4.69, 9.17) is 19.6 Å². The van der Waals surface area contributed by atoms with Gasteiger partial charge in [0.2, 0.25) is 20.0 Å². The Labute approximate surface area is 228 Å². The van der Waals surface area contributed by atoms with E-state index in [1.54, 1.807) is 13.0 Å². The van der Waals surface area contributed by atoms with E-state index >= 15 is 0 Å². The molecule has 1 aliphatic heterocycles. The zero-order valence-corrected chi connectivity index (χ0v) is 24.1. The fourth-order valence-corrected chi connectivity index (χ4v) is 7.53. The molecule has 1 heterocycles. The van der Waals surface area contributed by atoms with Gasteiger partial charge in [0.15, 0.2) is 5.75 Å². The Bertz CT molecular complexity index is 1520. The van der Waals surface area contributed by atoms with Gasteiger partial charge in [0, 0.05) is 32.2 Å². The van der Waals surface area contributed by atoms with Crippen molar-refractivity contribution in [2.24, 2.45) is 10.9 Å². The molecule has 17 heteroatoms. The molecule has 0 saturated carbocycles. The number of benzene rings is 2. The Morgan fingerprint density at radius 1 is 0.949 bits per heavy atom. The lowest BCUT2D eigenvalue weighted by atomic mass is 10.2. The van der Waals surface area contributed by atoms with Crippen LogP contribution in [-0.4, -0.2) is 78.9 Å². The minimum Gasteiger partial charge on any atom is -0.379 e. The number of piperazine rings is 1. The zero-order chi connectivity index (χ0) is 28.8. The highest BCUT2D eigenvalue weighted by atomic mass is 32.2. The van der Waals surface area contributed by atoms with E-state index in [0.717, 1.165) is 33.4 Å². The predicted molar refractivity (Wildman–Crippen MR) is 142 cm³/mol. The molecule has 1 saturated heterocycles. The number of hydrogen-bond acceptors (Lipinski definition) is 10. The second-order valence-electron chi connectivity index (χ2n) is 8.55. The van der Waals surface area contributed by atoms with Crippen LogP contribution in [0.1, 0.15) is 18.9 Å². The highest BCUT2D eigenvalue weighted by Crippen LogP contribution is 2.30. The summed E-state index contributed by atoms with van der Waals surface area (Å²) >= 11 is 0. The van der Waals surface area contributed by atoms with Gasteiger partial charge in [-0.15, -0.1) is 0 Å². The van der Waals surface area contributed by atoms with Gasteiger partial charge in [0.25, 0.3) is 5.96 Å². The standard InChI is InChI=1S/C22H31N5O9S3/c1-4-13-34-24-22(23)25-35-18-14-17(2)15-19(16-18)36-39(32,33)21-8-6-5-7-20(21)38(30,31)27-11-9-26(10-12-27)37(3,28)29/h5-8,14-16H,4,9-13H2,1-3H3,(H3,23,24,25). The number of nitrogens with two attached hydrogens (primary N) is 1. The van der Waals surface area contributed by atoms with Crippen LogP contribution in [0.15, 0.2) is 57.4 Å². The van der Waals surface area contributed by atoms with Crippen molar-refractivity contribution in [1.82, 2.24) is 14.1 Å². The van der Waals surface area contributed by atoms with Crippen LogP contribution in [0.3, 0.4) is 0 Å². The Balaban J connectivity index is 1.83. The summed E-state index contributed by atoms with van der Waals surface area (Å²) in [5.74, 6) is -0.218. The number of nitrogens with zero attached hydrogens (tertiary/aromatic N) is 3. The highest BCUT2D eigenvalue weighted by molar-refractivity contribution is 7.91. The summed E-state index contributed by atoms with van der Waals surface area (Å²) in [6, 6.07) is 9.25. The number of nitrogens with one attached hydrogen (secondary N) is 1. The van der Waals surface area contributed by atoms with Crippen molar-refractivity contribution in [2.45, 2.75) is 30.1 Å². The highest BCUT2D eigenvalue weighted by Gasteiger charge is 2.35. The first kappa shape index (κ1) is 30.6. The number of aryl methyl sites for hydroxylation is 1. The first-order valence-corrected chi connectivity index (χ1v) is 16.4. The smallest absolute Gasteiger partial charge is 0.340 e. The quantitative estimate of drug-likeness (QED) is 0.120. The minimum atomic E-state index is -4.64. The van der Waals surface area contributed by atoms with Gasteiger partial charge >= 0.3 is 10.1 Å². The molecule has 1 aliphatic rings. The number of sulfonamides is 2. The number of oxime groups is 1. The minimum absolute atomic E-state index is 0.0528. The molecule has 0 unspecified atom stereocenters. The van der Waals surface area contributed by atoms with Crippen molar-refractivity contribution in [2.75, 3.05) is 39.0 Å². The first-order chi connectivity index (χ1) is 18.2. The molecule has 3 N–H and O–H groups in total. The monoisotopic (exact) mass is 605 g/mol. The summed E-state index contributed by atoms with van der Waals surface area (Å²) in [6.07, 6.45) is 1.79. The molecule has 0 spiro atoms. The van der Waals surface area contributed by atoms with E-state index in [0.29, 0.717) is 12.2 Å². The molecule has 39 heavy (non-hydrogen) atoms. The summed E-state index contributed by atoms with van der Waals surface area (Å²) in [5.41, 5.74) is 8.58. The molecule has 0 amide bonds. The molecule has 0 aromatic heterocycles. The maximum absolute atomic E-state index is 13.4. The Hall–Kier alpha value is -2.96. The number of hydrogen-bond donors (Lipinski definition) is 2. The van der Waals surface area contributed by atoms with Gasteiger partial charge in [-0.25, -0.2) is 22.3 Å². The van der Waals surface area contributed by atoms with Gasteiger partial charge in [-0.2, -0.15) is 17.0 Å². The van der Waals surface area contributed by atoms with Crippen LogP contribution in [-0.2, 0) is 35.0 Å². The fraction of sp³-hybridized carbons (Fsp3) is 0.409. The van der Waals surface area contributed by atoms with Crippen LogP contribution < -0.4 is 20.2 Å². The lowest BCUT2D eigenvalue weighted by Crippen LogP contribution is -2.50. The topological polar surface area (TPSA) is 187 Å². The normalized spacial score (nSPS) is 16.1. The zero-order valence-electron chi connectivity index (χ0n) is 21.6. The Morgan fingerprint density at radius 3 is 2.15 bits per heavy atom. The number of guanidine groups is 1. The van der Waals surface area contributed by atoms with Crippen molar-refractivity contribution in [3.05, 3.63) is 48.0 Å². The maximum atomic E-state index is 13.4. The largest absolute Gasteiger partial charge is 0.379 e. The maximum Gasteiger partial charge on any atom is 0.340 e. The van der Waals surface area contributed by atoms with E-state index in [9.17, 15) is 25.3 Å². The van der Waals surface area contributed by atoms with Crippen molar-refractivity contribution < 1.29 is 39.1 Å². The van der Waals surface area contributed by atoms with E-state index < -0.39 is 40.0 Å². The van der Waals surface area contributed by atoms with Crippen molar-refractivity contribution >= 4 is 36.1 Å². The molecule has 3 rings (SSSR count). The third-order valence-electron chi connectivity index (χ3n) is 5.37. The lowest BCUT2D eigenvalue weighted by molar-refractivity contribution is 0.0824. The van der Waals surface area contributed by atoms with Crippen LogP contribution in [0.25, 0.3) is 0 Å². The Morgan fingerprint density at radius 2 is 1.54 bits per heavy atom. The van der Waals surface area contributed by atoms with Gasteiger partial charge in [-0.1, -0.05) is 19.1 Å². The summed E-state index contributed by atoms with van der Waals surface area (Å²) in [6.45, 7) is 3.59. The Kier molecular flexibility index (Phi) is 9.78. The molecule has 0 atom stereocenters. The molecule has 2 aromatic carbocycles. The van der Waals surface area contributed by atoms with Gasteiger partial charge in [0.1, 0.15) is 15.5 Å². The first-order valence-electron chi connectivity index (χ1n) is 11.7. The second kappa shape index (κ2) is 12.5. The number of rotatable bonds is 11. The molecule has 2 aromatic rings. The summed E-state index contributed by atoms with van der Waals surface area (Å²) < 4.78 is 84.4. The lowest BCUT2D eigenvalue weighted by Gasteiger charge is -2.32. The third kappa shape index (κ3) is 8.02. The summed E-state index contributed by atoms with van der Waals surface area (Å²) in [4.78, 5) is 9.19. The molecule has 0 aliphatic carbocycles. The van der Waals surface area contributed by atoms with Gasteiger partial charge in [-0.3, -0.25) is 4.84 Å². The van der Waals surface area contributed by atoms with Crippen molar-refractivity contribution in [1.29, 1.82) is 0 Å². The molecule has 0 bridgehead atoms. The summed E-state index contributed by atoms with van der Waals surface area (Å²) in [5, 5.41) is 3.65. The molecular weight excluding hydrogens is 574 g/mol. The van der Waals surface area contributed by atoms with Crippen molar-refractivity contribution in [3.63, 3.8) is 0 Å². The van der Waals surface area contributed by atoms with E-state index in [1.807, 2.05) is 6.92 Å². The SMILES string of the molecule is CCCONC(N)=NOc1cc(C)cc(OS(=O)(=O)c2ccccc2S(=O)(=O)N2CCN(S(C)(=O)=O)CC2)c1. The van der Waals surface area contributed by atoms with Crippen LogP contribution >= 0.6 is 0 Å². The van der Waals surface area contributed by atoms with Crippen LogP contribution in [0.5, 0.6) is 11.5 Å². The van der Waals surface area contributed by atoms with Gasteiger partial charge < -0.3 is 14.8 Å². The predicted octanol–water partition coefficient (Wildman–Crippen LogP) is 0.568. The summed E-state index contributed by atoms with van der Waals surface area (Å²) in [7, 11) is -12.4. The second-order valence-corrected chi connectivity index (χ2v) is 14.0. The molecule has 0 radical (unpaired) electrons. The number of hydroxylamine groups is 1.